The lowest BCUT2D eigenvalue weighted by molar-refractivity contribution is -0.142. The molecule has 0 bridgehead atoms. The molecule has 1 rings (SSSR count). The first kappa shape index (κ1) is 14.1. The number of nitrogens with one attached hydrogen (secondary N) is 1. The van der Waals surface area contributed by atoms with E-state index in [1.54, 1.807) is 0 Å². The van der Waals surface area contributed by atoms with Crippen LogP contribution in [0.25, 0.3) is 0 Å². The van der Waals surface area contributed by atoms with Gasteiger partial charge in [0.15, 0.2) is 0 Å². The van der Waals surface area contributed by atoms with Crippen molar-refractivity contribution in [1.29, 1.82) is 0 Å². The minimum absolute atomic E-state index is 0.0616. The molecule has 98 valence electrons. The number of hydrogen-bond acceptors (Lipinski definition) is 5. The number of methoxy groups -OCH3 is 1. The van der Waals surface area contributed by atoms with Gasteiger partial charge in [0.05, 0.1) is 12.0 Å². The molecule has 18 heavy (non-hydrogen) atoms. The van der Waals surface area contributed by atoms with Gasteiger partial charge in [-0.15, -0.1) is 0 Å². The van der Waals surface area contributed by atoms with Gasteiger partial charge in [0.1, 0.15) is 6.42 Å². The molecular weight excluding hydrogens is 260 g/mol. The standard InChI is InChI=1S/C10H12N2O5S/c1-17-10(14)6-9(13)12-7-2-4-8(5-3-7)18(11,15)16/h2-5H,6H2,1H3,(H,12,13)(H2,11,15,16). The summed E-state index contributed by atoms with van der Waals surface area (Å²) in [6, 6.07) is 5.25. The number of carbonyl (C=O) groups excluding carboxylic acids is 2. The highest BCUT2D eigenvalue weighted by atomic mass is 32.2. The molecule has 1 aromatic rings. The molecular formula is C10H12N2O5S. The third-order valence-corrected chi connectivity index (χ3v) is 2.93. The smallest absolute Gasteiger partial charge is 0.315 e. The van der Waals surface area contributed by atoms with Gasteiger partial charge in [-0.3, -0.25) is 9.59 Å². The predicted molar refractivity (Wildman–Crippen MR) is 63.1 cm³/mol. The molecule has 0 aliphatic carbocycles. The highest BCUT2D eigenvalue weighted by Gasteiger charge is 2.11. The van der Waals surface area contributed by atoms with E-state index in [1.807, 2.05) is 0 Å². The average molecular weight is 272 g/mol. The Labute approximate surface area is 104 Å². The number of rotatable bonds is 4. The minimum atomic E-state index is -3.76. The molecule has 3 N–H and O–H groups in total. The highest BCUT2D eigenvalue weighted by Crippen LogP contribution is 2.12. The highest BCUT2D eigenvalue weighted by molar-refractivity contribution is 7.89. The number of amides is 1. The second-order valence-electron chi connectivity index (χ2n) is 3.37. The first-order valence-electron chi connectivity index (χ1n) is 4.82. The van der Waals surface area contributed by atoms with Gasteiger partial charge in [-0.25, -0.2) is 13.6 Å². The number of ether oxygens (including phenoxy) is 1. The zero-order chi connectivity index (χ0) is 13.8. The molecule has 0 atom stereocenters. The molecule has 0 aliphatic heterocycles. The van der Waals surface area contributed by atoms with Gasteiger partial charge in [-0.2, -0.15) is 0 Å². The maximum Gasteiger partial charge on any atom is 0.315 e. The van der Waals surface area contributed by atoms with Crippen molar-refractivity contribution in [3.63, 3.8) is 0 Å². The van der Waals surface area contributed by atoms with E-state index in [9.17, 15) is 18.0 Å². The summed E-state index contributed by atoms with van der Waals surface area (Å²) in [5, 5.41) is 7.33. The molecule has 0 saturated heterocycles. The topological polar surface area (TPSA) is 116 Å². The van der Waals surface area contributed by atoms with Crippen molar-refractivity contribution in [2.75, 3.05) is 12.4 Å². The minimum Gasteiger partial charge on any atom is -0.469 e. The Kier molecular flexibility index (Phi) is 4.40. The number of hydrogen-bond donors (Lipinski definition) is 2. The second kappa shape index (κ2) is 5.61. The van der Waals surface area contributed by atoms with Crippen LogP contribution in [-0.2, 0) is 24.3 Å². The summed E-state index contributed by atoms with van der Waals surface area (Å²) >= 11 is 0. The van der Waals surface area contributed by atoms with E-state index in [1.165, 1.54) is 31.4 Å². The van der Waals surface area contributed by atoms with E-state index in [-0.39, 0.29) is 4.90 Å². The van der Waals surface area contributed by atoms with Crippen molar-refractivity contribution in [1.82, 2.24) is 0 Å². The van der Waals surface area contributed by atoms with E-state index in [0.717, 1.165) is 0 Å². The van der Waals surface area contributed by atoms with Crippen LogP contribution in [0.2, 0.25) is 0 Å². The van der Waals surface area contributed by atoms with Crippen LogP contribution in [0, 0.1) is 0 Å². The van der Waals surface area contributed by atoms with Gasteiger partial charge in [-0.05, 0) is 24.3 Å². The Morgan fingerprint density at radius 2 is 1.83 bits per heavy atom. The van der Waals surface area contributed by atoms with Gasteiger partial charge >= 0.3 is 5.97 Å². The average Bonchev–Trinajstić information content (AvgIpc) is 2.28. The molecule has 8 heteroatoms. The van der Waals surface area contributed by atoms with Gasteiger partial charge in [-0.1, -0.05) is 0 Å². The number of benzene rings is 1. The number of primary sulfonamides is 1. The first-order chi connectivity index (χ1) is 8.32. The van der Waals surface area contributed by atoms with Crippen LogP contribution in [0.15, 0.2) is 29.2 Å². The maximum atomic E-state index is 11.3. The molecule has 0 radical (unpaired) electrons. The Morgan fingerprint density at radius 1 is 1.28 bits per heavy atom. The fraction of sp³-hybridized carbons (Fsp3) is 0.200. The lowest BCUT2D eigenvalue weighted by atomic mass is 10.3. The molecule has 7 nitrogen and oxygen atoms in total. The van der Waals surface area contributed by atoms with Crippen LogP contribution in [0.5, 0.6) is 0 Å². The lowest BCUT2D eigenvalue weighted by Crippen LogP contribution is -2.17. The number of anilines is 1. The molecule has 0 spiro atoms. The Morgan fingerprint density at radius 3 is 2.28 bits per heavy atom. The van der Waals surface area contributed by atoms with Crippen molar-refractivity contribution in [3.8, 4) is 0 Å². The van der Waals surface area contributed by atoms with Crippen LogP contribution in [0.3, 0.4) is 0 Å². The molecule has 0 saturated carbocycles. The van der Waals surface area contributed by atoms with Gasteiger partial charge < -0.3 is 10.1 Å². The third kappa shape index (κ3) is 4.15. The van der Waals surface area contributed by atoms with Gasteiger partial charge in [0.2, 0.25) is 15.9 Å². The predicted octanol–water partition coefficient (Wildman–Crippen LogP) is -0.164. The summed E-state index contributed by atoms with van der Waals surface area (Å²) in [4.78, 5) is 22.1. The zero-order valence-electron chi connectivity index (χ0n) is 9.54. The number of nitrogens with two attached hydrogens (primary N) is 1. The van der Waals surface area contributed by atoms with Crippen LogP contribution >= 0.6 is 0 Å². The lowest BCUT2D eigenvalue weighted by Gasteiger charge is -2.05. The SMILES string of the molecule is COC(=O)CC(=O)Nc1ccc(S(N)(=O)=O)cc1. The molecule has 0 unspecified atom stereocenters. The normalized spacial score (nSPS) is 10.8. The zero-order valence-corrected chi connectivity index (χ0v) is 10.4. The summed E-state index contributed by atoms with van der Waals surface area (Å²) in [6.07, 6.45) is -0.409. The van der Waals surface area contributed by atoms with Crippen molar-refractivity contribution in [2.45, 2.75) is 11.3 Å². The second-order valence-corrected chi connectivity index (χ2v) is 4.93. The monoisotopic (exact) mass is 272 g/mol. The quantitative estimate of drug-likeness (QED) is 0.583. The van der Waals surface area contributed by atoms with Crippen molar-refractivity contribution >= 4 is 27.6 Å². The van der Waals surface area contributed by atoms with Crippen molar-refractivity contribution < 1.29 is 22.7 Å². The van der Waals surface area contributed by atoms with E-state index < -0.39 is 28.3 Å². The summed E-state index contributed by atoms with van der Waals surface area (Å²) in [6.45, 7) is 0. The van der Waals surface area contributed by atoms with Crippen molar-refractivity contribution in [3.05, 3.63) is 24.3 Å². The number of esters is 1. The third-order valence-electron chi connectivity index (χ3n) is 2.00. The van der Waals surface area contributed by atoms with Crippen molar-refractivity contribution in [2.24, 2.45) is 5.14 Å². The van der Waals surface area contributed by atoms with Gasteiger partial charge in [0, 0.05) is 5.69 Å². The summed E-state index contributed by atoms with van der Waals surface area (Å²) < 4.78 is 26.3. The largest absolute Gasteiger partial charge is 0.469 e. The van der Waals surface area contributed by atoms with E-state index in [2.05, 4.69) is 10.1 Å². The fourth-order valence-corrected chi connectivity index (χ4v) is 1.65. The van der Waals surface area contributed by atoms with Crippen LogP contribution in [0.4, 0.5) is 5.69 Å². The Balaban J connectivity index is 2.70. The molecule has 1 amide bonds. The fourth-order valence-electron chi connectivity index (χ4n) is 1.14. The van der Waals surface area contributed by atoms with Crippen LogP contribution < -0.4 is 10.5 Å². The molecule has 0 aliphatic rings. The molecule has 1 aromatic carbocycles. The van der Waals surface area contributed by atoms with Crippen LogP contribution in [0.1, 0.15) is 6.42 Å². The summed E-state index contributed by atoms with van der Waals surface area (Å²) in [5.41, 5.74) is 0.358. The summed E-state index contributed by atoms with van der Waals surface area (Å²) in [7, 11) is -2.58. The van der Waals surface area contributed by atoms with E-state index >= 15 is 0 Å². The molecule has 0 fully saturated rings. The first-order valence-corrected chi connectivity index (χ1v) is 6.37. The molecule has 0 heterocycles. The maximum absolute atomic E-state index is 11.3. The van der Waals surface area contributed by atoms with E-state index in [0.29, 0.717) is 5.69 Å². The molecule has 0 aromatic heterocycles. The van der Waals surface area contributed by atoms with Gasteiger partial charge in [0.25, 0.3) is 0 Å². The number of carbonyl (C=O) groups is 2. The van der Waals surface area contributed by atoms with Crippen LogP contribution in [-0.4, -0.2) is 27.4 Å². The van der Waals surface area contributed by atoms with E-state index in [4.69, 9.17) is 5.14 Å². The summed E-state index contributed by atoms with van der Waals surface area (Å²) in [5.74, 6) is -1.21. The Hall–Kier alpha value is -1.93. The number of sulfonamides is 1. The Bertz CT molecular complexity index is 550.